The van der Waals surface area contributed by atoms with Gasteiger partial charge in [0.1, 0.15) is 24.7 Å². The van der Waals surface area contributed by atoms with E-state index >= 15 is 0 Å². The minimum Gasteiger partial charge on any atom is -0.497 e. The third-order valence-corrected chi connectivity index (χ3v) is 7.84. The first-order valence-electron chi connectivity index (χ1n) is 14.6. The number of fused-ring (bicyclic) bond motifs is 2. The summed E-state index contributed by atoms with van der Waals surface area (Å²) in [6.07, 6.45) is 0. The van der Waals surface area contributed by atoms with Gasteiger partial charge in [-0.3, -0.25) is 9.69 Å². The van der Waals surface area contributed by atoms with Gasteiger partial charge in [-0.25, -0.2) is 4.68 Å². The number of methoxy groups -OCH3 is 2. The van der Waals surface area contributed by atoms with E-state index in [9.17, 15) is 4.79 Å². The van der Waals surface area contributed by atoms with Gasteiger partial charge in [0.15, 0.2) is 17.3 Å². The van der Waals surface area contributed by atoms with E-state index in [1.54, 1.807) is 14.2 Å². The molecule has 3 aromatic carbocycles. The highest BCUT2D eigenvalue weighted by Crippen LogP contribution is 2.35. The molecule has 0 unspecified atom stereocenters. The summed E-state index contributed by atoms with van der Waals surface area (Å²) in [5.74, 6) is 3.72. The van der Waals surface area contributed by atoms with E-state index in [1.165, 1.54) is 0 Å². The van der Waals surface area contributed by atoms with Crippen LogP contribution in [0.2, 0.25) is 0 Å². The van der Waals surface area contributed by atoms with Gasteiger partial charge in [-0.15, -0.1) is 5.10 Å². The first-order chi connectivity index (χ1) is 21.4. The number of nitrogens with zero attached hydrogens (tertiary/aromatic N) is 5. The van der Waals surface area contributed by atoms with Crippen LogP contribution in [0.25, 0.3) is 10.9 Å². The van der Waals surface area contributed by atoms with Crippen LogP contribution in [-0.2, 0) is 19.6 Å². The number of hydrogen-bond donors (Lipinski definition) is 1. The van der Waals surface area contributed by atoms with Crippen molar-refractivity contribution in [3.8, 4) is 23.0 Å². The van der Waals surface area contributed by atoms with E-state index in [2.05, 4.69) is 39.3 Å². The molecule has 11 heteroatoms. The van der Waals surface area contributed by atoms with Crippen molar-refractivity contribution in [2.45, 2.75) is 39.5 Å². The number of ether oxygens (including phenoxy) is 4. The second-order valence-corrected chi connectivity index (χ2v) is 11.2. The van der Waals surface area contributed by atoms with Crippen LogP contribution in [0.3, 0.4) is 0 Å². The first kappa shape index (κ1) is 29.2. The molecule has 1 aliphatic rings. The van der Waals surface area contributed by atoms with Gasteiger partial charge in [-0.1, -0.05) is 38.1 Å². The number of H-pyrrole nitrogens is 1. The van der Waals surface area contributed by atoms with Crippen LogP contribution in [0.1, 0.15) is 42.4 Å². The van der Waals surface area contributed by atoms with Crippen molar-refractivity contribution in [2.24, 2.45) is 5.92 Å². The van der Waals surface area contributed by atoms with E-state index in [-0.39, 0.29) is 17.5 Å². The van der Waals surface area contributed by atoms with Crippen molar-refractivity contribution >= 4 is 10.9 Å². The molecule has 44 heavy (non-hydrogen) atoms. The van der Waals surface area contributed by atoms with Crippen LogP contribution in [0, 0.1) is 5.92 Å². The number of nitrogens with one attached hydrogen (secondary N) is 1. The lowest BCUT2D eigenvalue weighted by atomic mass is 9.99. The van der Waals surface area contributed by atoms with Gasteiger partial charge >= 0.3 is 0 Å². The Morgan fingerprint density at radius 3 is 2.16 bits per heavy atom. The average molecular weight is 597 g/mol. The van der Waals surface area contributed by atoms with Crippen LogP contribution < -0.4 is 24.5 Å². The fourth-order valence-electron chi connectivity index (χ4n) is 5.67. The van der Waals surface area contributed by atoms with Gasteiger partial charge in [-0.2, -0.15) is 0 Å². The largest absolute Gasteiger partial charge is 0.497 e. The monoisotopic (exact) mass is 596 g/mol. The van der Waals surface area contributed by atoms with Gasteiger partial charge in [0, 0.05) is 30.1 Å². The van der Waals surface area contributed by atoms with E-state index in [0.29, 0.717) is 55.4 Å². The van der Waals surface area contributed by atoms with Crippen LogP contribution in [-0.4, -0.2) is 57.5 Å². The molecule has 0 saturated carbocycles. The summed E-state index contributed by atoms with van der Waals surface area (Å²) in [4.78, 5) is 18.8. The Morgan fingerprint density at radius 2 is 1.52 bits per heavy atom. The average Bonchev–Trinajstić information content (AvgIpc) is 3.48. The number of pyridine rings is 1. The SMILES string of the molecule is COc1ccc(CN(Cc2cc3cc4c(cc3[nH]c2=O)OCCO4)[C@H](c2nnnn2Cc2ccc(OC)cc2)C(C)C)cc1. The molecule has 3 heterocycles. The molecule has 1 atom stereocenters. The van der Waals surface area contributed by atoms with E-state index in [1.807, 2.05) is 71.4 Å². The molecule has 0 saturated heterocycles. The van der Waals surface area contributed by atoms with E-state index in [4.69, 9.17) is 18.9 Å². The molecule has 1 aliphatic heterocycles. The Kier molecular flexibility index (Phi) is 8.47. The lowest BCUT2D eigenvalue weighted by Gasteiger charge is -2.33. The van der Waals surface area contributed by atoms with Gasteiger partial charge in [0.05, 0.1) is 32.3 Å². The Labute approximate surface area is 255 Å². The molecule has 0 spiro atoms. The van der Waals surface area contributed by atoms with Gasteiger partial charge < -0.3 is 23.9 Å². The molecular weight excluding hydrogens is 560 g/mol. The highest BCUT2D eigenvalue weighted by molar-refractivity contribution is 5.83. The van der Waals surface area contributed by atoms with Crippen LogP contribution in [0.4, 0.5) is 0 Å². The second-order valence-electron chi connectivity index (χ2n) is 11.2. The first-order valence-corrected chi connectivity index (χ1v) is 14.6. The normalized spacial score (nSPS) is 13.4. The van der Waals surface area contributed by atoms with Crippen molar-refractivity contribution in [2.75, 3.05) is 27.4 Å². The number of rotatable bonds is 11. The minimum absolute atomic E-state index is 0.117. The van der Waals surface area contributed by atoms with Crippen molar-refractivity contribution in [1.29, 1.82) is 0 Å². The Hall–Kier alpha value is -4.90. The molecule has 0 radical (unpaired) electrons. The van der Waals surface area contributed by atoms with Crippen molar-refractivity contribution < 1.29 is 18.9 Å². The maximum atomic E-state index is 13.5. The number of aromatic amines is 1. The minimum atomic E-state index is -0.208. The molecule has 6 rings (SSSR count). The van der Waals surface area contributed by atoms with Gasteiger partial charge in [0.2, 0.25) is 0 Å². The molecule has 0 bridgehead atoms. The van der Waals surface area contributed by atoms with Crippen molar-refractivity contribution in [1.82, 2.24) is 30.1 Å². The molecule has 0 fully saturated rings. The number of aromatic nitrogens is 5. The summed E-state index contributed by atoms with van der Waals surface area (Å²) in [7, 11) is 3.30. The van der Waals surface area contributed by atoms with Crippen LogP contribution >= 0.6 is 0 Å². The molecule has 2 aromatic heterocycles. The zero-order valence-corrected chi connectivity index (χ0v) is 25.3. The molecular formula is C33H36N6O5. The van der Waals surface area contributed by atoms with Gasteiger partial charge in [0.25, 0.3) is 5.56 Å². The van der Waals surface area contributed by atoms with Crippen LogP contribution in [0.5, 0.6) is 23.0 Å². The Bertz CT molecular complexity index is 1780. The van der Waals surface area contributed by atoms with Crippen molar-refractivity contribution in [3.63, 3.8) is 0 Å². The maximum Gasteiger partial charge on any atom is 0.252 e. The molecule has 228 valence electrons. The predicted octanol–water partition coefficient (Wildman–Crippen LogP) is 4.75. The highest BCUT2D eigenvalue weighted by atomic mass is 16.6. The third kappa shape index (κ3) is 6.23. The number of benzene rings is 3. The van der Waals surface area contributed by atoms with E-state index in [0.717, 1.165) is 33.8 Å². The second kappa shape index (κ2) is 12.8. The standard InChI is InChI=1S/C33H36N6O5/c1-21(2)31(32-35-36-37-39(32)19-23-7-11-27(42-4)12-8-23)38(18-22-5-9-26(41-3)10-6-22)20-25-15-24-16-29-30(44-14-13-43-29)17-28(24)34-33(25)40/h5-12,15-17,21,31H,13-14,18-20H2,1-4H3,(H,34,40)/t31-/m0/s1. The molecule has 0 aliphatic carbocycles. The predicted molar refractivity (Wildman–Crippen MR) is 165 cm³/mol. The third-order valence-electron chi connectivity index (χ3n) is 7.84. The zero-order valence-electron chi connectivity index (χ0n) is 25.3. The molecule has 11 nitrogen and oxygen atoms in total. The smallest absolute Gasteiger partial charge is 0.252 e. The van der Waals surface area contributed by atoms with Crippen molar-refractivity contribution in [3.05, 3.63) is 99.6 Å². The summed E-state index contributed by atoms with van der Waals surface area (Å²) in [6.45, 7) is 6.68. The lowest BCUT2D eigenvalue weighted by Crippen LogP contribution is -2.35. The summed E-state index contributed by atoms with van der Waals surface area (Å²) >= 11 is 0. The fraction of sp³-hybridized carbons (Fsp3) is 0.333. The maximum absolute atomic E-state index is 13.5. The lowest BCUT2D eigenvalue weighted by molar-refractivity contribution is 0.126. The molecule has 5 aromatic rings. The number of tetrazole rings is 1. The topological polar surface area (TPSA) is 117 Å². The summed E-state index contributed by atoms with van der Waals surface area (Å²) in [5, 5.41) is 13.8. The molecule has 0 amide bonds. The summed E-state index contributed by atoms with van der Waals surface area (Å²) in [5.41, 5.74) is 3.29. The van der Waals surface area contributed by atoms with Crippen LogP contribution in [0.15, 0.2) is 71.5 Å². The quantitative estimate of drug-likeness (QED) is 0.231. The Morgan fingerprint density at radius 1 is 0.886 bits per heavy atom. The van der Waals surface area contributed by atoms with E-state index < -0.39 is 0 Å². The highest BCUT2D eigenvalue weighted by Gasteiger charge is 2.30. The fourth-order valence-corrected chi connectivity index (χ4v) is 5.67. The zero-order chi connectivity index (χ0) is 30.6. The summed E-state index contributed by atoms with van der Waals surface area (Å²) < 4.78 is 24.1. The molecule has 1 N–H and O–H groups in total. The Balaban J connectivity index is 1.37. The number of hydrogen-bond acceptors (Lipinski definition) is 9. The summed E-state index contributed by atoms with van der Waals surface area (Å²) in [6, 6.07) is 21.3. The van der Waals surface area contributed by atoms with Gasteiger partial charge in [-0.05, 0) is 63.9 Å².